The number of hydrogen-bond acceptors (Lipinski definition) is 6. The number of anilines is 1. The van der Waals surface area contributed by atoms with Gasteiger partial charge < -0.3 is 0 Å². The van der Waals surface area contributed by atoms with E-state index in [0.29, 0.717) is 11.3 Å². The molecule has 2 aromatic carbocycles. The predicted octanol–water partition coefficient (Wildman–Crippen LogP) is 2.81. The number of nitro groups is 1. The van der Waals surface area contributed by atoms with Gasteiger partial charge in [-0.25, -0.2) is 9.69 Å². The second-order valence-corrected chi connectivity index (χ2v) is 6.29. The summed E-state index contributed by atoms with van der Waals surface area (Å²) in [5, 5.41) is 13.1. The van der Waals surface area contributed by atoms with Crippen LogP contribution in [-0.4, -0.2) is 29.0 Å². The zero-order valence-corrected chi connectivity index (χ0v) is 15.1. The summed E-state index contributed by atoms with van der Waals surface area (Å²) in [6.07, 6.45) is 1.09. The van der Waals surface area contributed by atoms with Gasteiger partial charge in [-0.2, -0.15) is 0 Å². The minimum Gasteiger partial charge on any atom is -0.276 e. The maximum absolute atomic E-state index is 12.8. The first-order valence-corrected chi connectivity index (χ1v) is 8.32. The van der Waals surface area contributed by atoms with Gasteiger partial charge in [0.1, 0.15) is 0 Å². The first kappa shape index (κ1) is 18.9. The molecule has 1 aliphatic heterocycles. The van der Waals surface area contributed by atoms with Crippen molar-refractivity contribution in [1.82, 2.24) is 5.32 Å². The standard InChI is InChI=1S/C19H16N4O5/c1-11-3-6-13(7-4-11)22-18(25)15(17(24)21-19(22)26)10-20-16-9-14(23(27)28)8-5-12(16)2/h3-10,15H,1-2H3,(H,21,24,26)/t15-/m1/s1. The van der Waals surface area contributed by atoms with Crippen LogP contribution in [0.2, 0.25) is 0 Å². The maximum Gasteiger partial charge on any atom is 0.335 e. The zero-order valence-electron chi connectivity index (χ0n) is 15.1. The van der Waals surface area contributed by atoms with E-state index in [1.165, 1.54) is 18.2 Å². The molecule has 0 radical (unpaired) electrons. The molecule has 142 valence electrons. The summed E-state index contributed by atoms with van der Waals surface area (Å²) in [4.78, 5) is 52.4. The Balaban J connectivity index is 1.92. The van der Waals surface area contributed by atoms with Crippen molar-refractivity contribution < 1.29 is 19.3 Å². The van der Waals surface area contributed by atoms with Gasteiger partial charge in [-0.15, -0.1) is 0 Å². The van der Waals surface area contributed by atoms with Crippen molar-refractivity contribution in [3.63, 3.8) is 0 Å². The van der Waals surface area contributed by atoms with Crippen molar-refractivity contribution in [2.75, 3.05) is 4.90 Å². The lowest BCUT2D eigenvalue weighted by Crippen LogP contribution is -2.58. The molecule has 9 heteroatoms. The van der Waals surface area contributed by atoms with Gasteiger partial charge >= 0.3 is 6.03 Å². The Hall–Kier alpha value is -3.88. The third-order valence-corrected chi connectivity index (χ3v) is 4.26. The van der Waals surface area contributed by atoms with Crippen molar-refractivity contribution in [2.45, 2.75) is 13.8 Å². The van der Waals surface area contributed by atoms with E-state index in [1.807, 2.05) is 6.92 Å². The number of rotatable bonds is 4. The van der Waals surface area contributed by atoms with Crippen LogP contribution in [0.3, 0.4) is 0 Å². The number of imide groups is 2. The van der Waals surface area contributed by atoms with E-state index in [-0.39, 0.29) is 11.4 Å². The number of amides is 4. The van der Waals surface area contributed by atoms with Crippen LogP contribution in [0.15, 0.2) is 47.5 Å². The second-order valence-electron chi connectivity index (χ2n) is 6.29. The first-order valence-electron chi connectivity index (χ1n) is 8.32. The molecule has 2 aromatic rings. The number of benzene rings is 2. The lowest BCUT2D eigenvalue weighted by atomic mass is 10.1. The summed E-state index contributed by atoms with van der Waals surface area (Å²) in [6.45, 7) is 3.56. The highest BCUT2D eigenvalue weighted by atomic mass is 16.6. The topological polar surface area (TPSA) is 122 Å². The average molecular weight is 380 g/mol. The van der Waals surface area contributed by atoms with Gasteiger partial charge in [-0.05, 0) is 31.5 Å². The van der Waals surface area contributed by atoms with Crippen LogP contribution in [0.4, 0.5) is 21.9 Å². The van der Waals surface area contributed by atoms with Crippen LogP contribution in [-0.2, 0) is 9.59 Å². The summed E-state index contributed by atoms with van der Waals surface area (Å²) in [7, 11) is 0. The number of nitrogens with zero attached hydrogens (tertiary/aromatic N) is 3. The normalized spacial score (nSPS) is 17.1. The summed E-state index contributed by atoms with van der Waals surface area (Å²) < 4.78 is 0. The van der Waals surface area contributed by atoms with E-state index >= 15 is 0 Å². The van der Waals surface area contributed by atoms with Crippen molar-refractivity contribution >= 4 is 41.1 Å². The SMILES string of the molecule is Cc1ccc(N2C(=O)NC(=O)[C@@H](C=Nc3cc([N+](=O)[O-])ccc3C)C2=O)cc1. The quantitative estimate of drug-likeness (QED) is 0.378. The number of aryl methyl sites for hydroxylation is 2. The fraction of sp³-hybridized carbons (Fsp3) is 0.158. The highest BCUT2D eigenvalue weighted by Crippen LogP contribution is 2.25. The monoisotopic (exact) mass is 380 g/mol. The number of hydrogen-bond donors (Lipinski definition) is 1. The largest absolute Gasteiger partial charge is 0.335 e. The number of nitrogens with one attached hydrogen (secondary N) is 1. The molecule has 9 nitrogen and oxygen atoms in total. The first-order chi connectivity index (χ1) is 13.3. The zero-order chi connectivity index (χ0) is 20.4. The Morgan fingerprint density at radius 2 is 1.79 bits per heavy atom. The number of nitro benzene ring substituents is 1. The second kappa shape index (κ2) is 7.39. The fourth-order valence-electron chi connectivity index (χ4n) is 2.67. The molecule has 1 aliphatic rings. The Morgan fingerprint density at radius 3 is 2.43 bits per heavy atom. The molecule has 4 amide bonds. The van der Waals surface area contributed by atoms with Crippen molar-refractivity contribution in [3.8, 4) is 0 Å². The Kier molecular flexibility index (Phi) is 4.99. The highest BCUT2D eigenvalue weighted by molar-refractivity contribution is 6.32. The van der Waals surface area contributed by atoms with E-state index < -0.39 is 28.7 Å². The summed E-state index contributed by atoms with van der Waals surface area (Å²) in [5.74, 6) is -2.88. The van der Waals surface area contributed by atoms with E-state index in [9.17, 15) is 24.5 Å². The van der Waals surface area contributed by atoms with Crippen LogP contribution >= 0.6 is 0 Å². The molecule has 0 spiro atoms. The van der Waals surface area contributed by atoms with Crippen LogP contribution in [0.1, 0.15) is 11.1 Å². The van der Waals surface area contributed by atoms with Gasteiger partial charge in [0.05, 0.1) is 16.3 Å². The number of carbonyl (C=O) groups excluding carboxylic acids is 3. The van der Waals surface area contributed by atoms with Crippen LogP contribution in [0.25, 0.3) is 0 Å². The summed E-state index contributed by atoms with van der Waals surface area (Å²) in [6, 6.07) is 9.95. The molecule has 0 aliphatic carbocycles. The molecule has 1 N–H and O–H groups in total. The fourth-order valence-corrected chi connectivity index (χ4v) is 2.67. The predicted molar refractivity (Wildman–Crippen MR) is 102 cm³/mol. The molecule has 1 atom stereocenters. The third kappa shape index (κ3) is 3.63. The molecule has 28 heavy (non-hydrogen) atoms. The molecule has 0 aromatic heterocycles. The Morgan fingerprint density at radius 1 is 1.11 bits per heavy atom. The smallest absolute Gasteiger partial charge is 0.276 e. The highest BCUT2D eigenvalue weighted by Gasteiger charge is 2.40. The summed E-state index contributed by atoms with van der Waals surface area (Å²) in [5.41, 5.74) is 2.01. The summed E-state index contributed by atoms with van der Waals surface area (Å²) >= 11 is 0. The maximum atomic E-state index is 12.8. The van der Waals surface area contributed by atoms with Gasteiger partial charge in [-0.3, -0.25) is 30.0 Å². The number of non-ortho nitro benzene ring substituents is 1. The van der Waals surface area contributed by atoms with E-state index in [1.54, 1.807) is 31.2 Å². The number of barbiturate groups is 1. The third-order valence-electron chi connectivity index (χ3n) is 4.26. The molecule has 1 saturated heterocycles. The number of urea groups is 1. The van der Waals surface area contributed by atoms with E-state index in [4.69, 9.17) is 0 Å². The minimum absolute atomic E-state index is 0.159. The lowest BCUT2D eigenvalue weighted by Gasteiger charge is -2.28. The molecule has 0 saturated carbocycles. The van der Waals surface area contributed by atoms with Crippen molar-refractivity contribution in [2.24, 2.45) is 10.9 Å². The van der Waals surface area contributed by atoms with Gasteiger partial charge in [0.25, 0.3) is 11.6 Å². The van der Waals surface area contributed by atoms with Gasteiger partial charge in [0, 0.05) is 18.3 Å². The van der Waals surface area contributed by atoms with Crippen molar-refractivity contribution in [3.05, 3.63) is 63.7 Å². The van der Waals surface area contributed by atoms with Gasteiger partial charge in [0.2, 0.25) is 5.91 Å². The Bertz CT molecular complexity index is 1010. The lowest BCUT2D eigenvalue weighted by molar-refractivity contribution is -0.384. The Labute approximate surface area is 159 Å². The van der Waals surface area contributed by atoms with Crippen LogP contribution in [0, 0.1) is 29.9 Å². The molecule has 1 fully saturated rings. The van der Waals surface area contributed by atoms with E-state index in [2.05, 4.69) is 10.3 Å². The van der Waals surface area contributed by atoms with Crippen LogP contribution in [0.5, 0.6) is 0 Å². The van der Waals surface area contributed by atoms with Crippen LogP contribution < -0.4 is 10.2 Å². The molecule has 1 heterocycles. The minimum atomic E-state index is -1.34. The van der Waals surface area contributed by atoms with Gasteiger partial charge in [0.15, 0.2) is 5.92 Å². The van der Waals surface area contributed by atoms with Gasteiger partial charge in [-0.1, -0.05) is 23.8 Å². The molecule has 0 bridgehead atoms. The molecule has 0 unspecified atom stereocenters. The molecular weight excluding hydrogens is 364 g/mol. The molecule has 3 rings (SSSR count). The number of carbonyl (C=O) groups is 3. The van der Waals surface area contributed by atoms with E-state index in [0.717, 1.165) is 16.7 Å². The number of aliphatic imine (C=N–C) groups is 1. The molecular formula is C19H16N4O5. The van der Waals surface area contributed by atoms with Crippen molar-refractivity contribution in [1.29, 1.82) is 0 Å². The average Bonchev–Trinajstić information content (AvgIpc) is 2.64.